The Balaban J connectivity index is 1.57. The molecule has 0 atom stereocenters. The van der Waals surface area contributed by atoms with Crippen LogP contribution in [0.2, 0.25) is 0 Å². The number of amides is 1. The standard InChI is InChI=1S/C19H19N3O2S/c1-3-22-9-8-13-6-7-14(11-15(13)22)20-18(23)17-12(2)25-19(21-17)16-5-4-10-24-16/h4-7,10-11H,3,8-9H2,1-2H3,(H,20,23). The Bertz CT molecular complexity index is 915. The van der Waals surface area contributed by atoms with Crippen molar-refractivity contribution in [3.63, 3.8) is 0 Å². The number of anilines is 2. The number of fused-ring (bicyclic) bond motifs is 1. The van der Waals surface area contributed by atoms with Gasteiger partial charge in [-0.1, -0.05) is 6.07 Å². The predicted octanol–water partition coefficient (Wildman–Crippen LogP) is 4.35. The number of carbonyl (C=O) groups excluding carboxylic acids is 1. The molecule has 2 aromatic heterocycles. The van der Waals surface area contributed by atoms with Crippen molar-refractivity contribution >= 4 is 28.6 Å². The lowest BCUT2D eigenvalue weighted by molar-refractivity contribution is 0.102. The van der Waals surface area contributed by atoms with Crippen LogP contribution in [0.25, 0.3) is 10.8 Å². The van der Waals surface area contributed by atoms with E-state index >= 15 is 0 Å². The lowest BCUT2D eigenvalue weighted by Crippen LogP contribution is -2.19. The second-order valence-electron chi connectivity index (χ2n) is 6.03. The third-order valence-corrected chi connectivity index (χ3v) is 5.45. The summed E-state index contributed by atoms with van der Waals surface area (Å²) in [6.45, 7) is 6.07. The van der Waals surface area contributed by atoms with Gasteiger partial charge in [-0.05, 0) is 50.1 Å². The van der Waals surface area contributed by atoms with E-state index in [1.54, 1.807) is 6.26 Å². The monoisotopic (exact) mass is 353 g/mol. The van der Waals surface area contributed by atoms with Gasteiger partial charge in [-0.15, -0.1) is 11.3 Å². The first kappa shape index (κ1) is 15.9. The zero-order chi connectivity index (χ0) is 17.4. The molecule has 0 bridgehead atoms. The Kier molecular flexibility index (Phi) is 4.05. The lowest BCUT2D eigenvalue weighted by Gasteiger charge is -2.17. The van der Waals surface area contributed by atoms with Gasteiger partial charge in [0.25, 0.3) is 5.91 Å². The van der Waals surface area contributed by atoms with Crippen LogP contribution >= 0.6 is 11.3 Å². The molecule has 0 radical (unpaired) electrons. The molecule has 0 fully saturated rings. The predicted molar refractivity (Wildman–Crippen MR) is 101 cm³/mol. The van der Waals surface area contributed by atoms with Crippen LogP contribution in [-0.2, 0) is 6.42 Å². The molecule has 0 aliphatic carbocycles. The Hall–Kier alpha value is -2.60. The molecule has 1 aliphatic rings. The Morgan fingerprint density at radius 2 is 2.28 bits per heavy atom. The van der Waals surface area contributed by atoms with Gasteiger partial charge in [0.2, 0.25) is 0 Å². The Morgan fingerprint density at radius 3 is 3.04 bits per heavy atom. The van der Waals surface area contributed by atoms with Crippen LogP contribution in [0, 0.1) is 6.92 Å². The molecule has 4 rings (SSSR count). The largest absolute Gasteiger partial charge is 0.462 e. The molecular formula is C19H19N3O2S. The molecule has 128 valence electrons. The highest BCUT2D eigenvalue weighted by molar-refractivity contribution is 7.15. The second-order valence-corrected chi connectivity index (χ2v) is 7.23. The van der Waals surface area contributed by atoms with Gasteiger partial charge >= 0.3 is 0 Å². The SMILES string of the molecule is CCN1CCc2ccc(NC(=O)c3nc(-c4ccco4)sc3C)cc21. The fraction of sp³-hybridized carbons (Fsp3) is 0.263. The quantitative estimate of drug-likeness (QED) is 0.758. The van der Waals surface area contributed by atoms with E-state index in [-0.39, 0.29) is 5.91 Å². The number of carbonyl (C=O) groups is 1. The van der Waals surface area contributed by atoms with Gasteiger partial charge in [-0.2, -0.15) is 0 Å². The molecule has 1 N–H and O–H groups in total. The van der Waals surface area contributed by atoms with Gasteiger partial charge in [0.1, 0.15) is 5.69 Å². The van der Waals surface area contributed by atoms with Crippen LogP contribution in [0.4, 0.5) is 11.4 Å². The van der Waals surface area contributed by atoms with Gasteiger partial charge in [0.15, 0.2) is 10.8 Å². The molecule has 0 saturated carbocycles. The molecule has 1 amide bonds. The number of likely N-dealkylation sites (N-methyl/N-ethyl adjacent to an activating group) is 1. The van der Waals surface area contributed by atoms with E-state index in [0.29, 0.717) is 11.5 Å². The van der Waals surface area contributed by atoms with Crippen molar-refractivity contribution in [3.8, 4) is 10.8 Å². The van der Waals surface area contributed by atoms with E-state index in [1.807, 2.05) is 25.1 Å². The molecular weight excluding hydrogens is 334 g/mol. The minimum Gasteiger partial charge on any atom is -0.462 e. The Labute approximate surface area is 150 Å². The molecule has 6 heteroatoms. The third kappa shape index (κ3) is 2.93. The van der Waals surface area contributed by atoms with Crippen LogP contribution in [0.3, 0.4) is 0 Å². The normalized spacial score (nSPS) is 13.1. The van der Waals surface area contributed by atoms with Crippen molar-refractivity contribution in [2.45, 2.75) is 20.3 Å². The van der Waals surface area contributed by atoms with Crippen molar-refractivity contribution in [2.75, 3.05) is 23.3 Å². The summed E-state index contributed by atoms with van der Waals surface area (Å²) in [6.07, 6.45) is 2.67. The number of furan rings is 1. The van der Waals surface area contributed by atoms with E-state index in [0.717, 1.165) is 35.1 Å². The maximum atomic E-state index is 12.7. The van der Waals surface area contributed by atoms with E-state index in [4.69, 9.17) is 4.42 Å². The lowest BCUT2D eigenvalue weighted by atomic mass is 10.1. The average Bonchev–Trinajstić information content (AvgIpc) is 3.33. The van der Waals surface area contributed by atoms with Crippen molar-refractivity contribution in [3.05, 3.63) is 52.7 Å². The third-order valence-electron chi connectivity index (χ3n) is 4.46. The summed E-state index contributed by atoms with van der Waals surface area (Å²) in [5.74, 6) is 0.496. The maximum Gasteiger partial charge on any atom is 0.275 e. The minimum absolute atomic E-state index is 0.187. The molecule has 0 unspecified atom stereocenters. The van der Waals surface area contributed by atoms with Crippen LogP contribution in [0.5, 0.6) is 0 Å². The number of aromatic nitrogens is 1. The van der Waals surface area contributed by atoms with E-state index in [1.165, 1.54) is 22.6 Å². The molecule has 5 nitrogen and oxygen atoms in total. The van der Waals surface area contributed by atoms with E-state index < -0.39 is 0 Å². The molecule has 0 spiro atoms. The zero-order valence-corrected chi connectivity index (χ0v) is 15.0. The Morgan fingerprint density at radius 1 is 1.40 bits per heavy atom. The number of nitrogens with one attached hydrogen (secondary N) is 1. The highest BCUT2D eigenvalue weighted by Gasteiger charge is 2.20. The zero-order valence-electron chi connectivity index (χ0n) is 14.2. The molecule has 0 saturated heterocycles. The fourth-order valence-corrected chi connectivity index (χ4v) is 4.03. The van der Waals surface area contributed by atoms with Gasteiger partial charge in [0.05, 0.1) is 6.26 Å². The van der Waals surface area contributed by atoms with Crippen LogP contribution in [0.1, 0.15) is 27.9 Å². The highest BCUT2D eigenvalue weighted by atomic mass is 32.1. The number of benzene rings is 1. The number of hydrogen-bond acceptors (Lipinski definition) is 5. The summed E-state index contributed by atoms with van der Waals surface area (Å²) in [6, 6.07) is 9.78. The van der Waals surface area contributed by atoms with Gasteiger partial charge < -0.3 is 14.6 Å². The molecule has 1 aliphatic heterocycles. The smallest absolute Gasteiger partial charge is 0.275 e. The first-order chi connectivity index (χ1) is 12.2. The fourth-order valence-electron chi connectivity index (χ4n) is 3.15. The van der Waals surface area contributed by atoms with E-state index in [9.17, 15) is 4.79 Å². The number of aryl methyl sites for hydroxylation is 1. The summed E-state index contributed by atoms with van der Waals surface area (Å²) in [7, 11) is 0. The first-order valence-electron chi connectivity index (χ1n) is 8.36. The van der Waals surface area contributed by atoms with Gasteiger partial charge in [-0.25, -0.2) is 4.98 Å². The highest BCUT2D eigenvalue weighted by Crippen LogP contribution is 2.32. The molecule has 1 aromatic carbocycles. The number of hydrogen-bond donors (Lipinski definition) is 1. The maximum absolute atomic E-state index is 12.7. The summed E-state index contributed by atoms with van der Waals surface area (Å²) in [4.78, 5) is 20.3. The van der Waals surface area contributed by atoms with Crippen molar-refractivity contribution in [1.82, 2.24) is 4.98 Å². The van der Waals surface area contributed by atoms with Gasteiger partial charge in [-0.3, -0.25) is 4.79 Å². The molecule has 3 aromatic rings. The summed E-state index contributed by atoms with van der Waals surface area (Å²) in [5, 5.41) is 3.70. The van der Waals surface area contributed by atoms with E-state index in [2.05, 4.69) is 34.3 Å². The summed E-state index contributed by atoms with van der Waals surface area (Å²) < 4.78 is 5.37. The summed E-state index contributed by atoms with van der Waals surface area (Å²) in [5.41, 5.74) is 3.80. The van der Waals surface area contributed by atoms with Crippen LogP contribution < -0.4 is 10.2 Å². The van der Waals surface area contributed by atoms with Crippen molar-refractivity contribution in [2.24, 2.45) is 0 Å². The molecule has 3 heterocycles. The van der Waals surface area contributed by atoms with Gasteiger partial charge in [0, 0.05) is 29.3 Å². The summed E-state index contributed by atoms with van der Waals surface area (Å²) >= 11 is 1.46. The average molecular weight is 353 g/mol. The van der Waals surface area contributed by atoms with Crippen molar-refractivity contribution < 1.29 is 9.21 Å². The van der Waals surface area contributed by atoms with Crippen molar-refractivity contribution in [1.29, 1.82) is 0 Å². The second kappa shape index (κ2) is 6.37. The number of rotatable bonds is 4. The molecule has 25 heavy (non-hydrogen) atoms. The number of nitrogens with zero attached hydrogens (tertiary/aromatic N) is 2. The van der Waals surface area contributed by atoms with Crippen LogP contribution in [-0.4, -0.2) is 24.0 Å². The minimum atomic E-state index is -0.187. The first-order valence-corrected chi connectivity index (χ1v) is 9.18. The topological polar surface area (TPSA) is 58.4 Å². The van der Waals surface area contributed by atoms with Crippen LogP contribution in [0.15, 0.2) is 41.0 Å². The number of thiazole rings is 1.